The molecule has 0 amide bonds. The van der Waals surface area contributed by atoms with Crippen LogP contribution in [0, 0.1) is 0 Å². The van der Waals surface area contributed by atoms with E-state index in [1.807, 2.05) is 0 Å². The molecule has 12 aromatic rings. The van der Waals surface area contributed by atoms with Crippen LogP contribution in [-0.2, 0) is 0 Å². The first-order valence-electron chi connectivity index (χ1n) is 20.7. The maximum Gasteiger partial charge on any atom is 0.0541 e. The number of hydrogen-bond acceptors (Lipinski definition) is 0. The minimum atomic E-state index is 1.15. The van der Waals surface area contributed by atoms with Crippen LogP contribution in [0.15, 0.2) is 231 Å². The smallest absolute Gasteiger partial charge is 0.0541 e. The van der Waals surface area contributed by atoms with Crippen LogP contribution in [0.5, 0.6) is 0 Å². The fourth-order valence-corrected chi connectivity index (χ4v) is 9.44. The van der Waals surface area contributed by atoms with Crippen LogP contribution >= 0.6 is 0 Å². The van der Waals surface area contributed by atoms with Gasteiger partial charge in [0, 0.05) is 32.9 Å². The van der Waals surface area contributed by atoms with Crippen LogP contribution in [0.3, 0.4) is 0 Å². The molecule has 0 aliphatic carbocycles. The van der Waals surface area contributed by atoms with E-state index in [1.165, 1.54) is 98.9 Å². The summed E-state index contributed by atoms with van der Waals surface area (Å²) in [6.07, 6.45) is 0. The molecule has 2 nitrogen and oxygen atoms in total. The van der Waals surface area contributed by atoms with Crippen molar-refractivity contribution in [2.24, 2.45) is 0 Å². The molecule has 10 aromatic carbocycles. The summed E-state index contributed by atoms with van der Waals surface area (Å²) < 4.78 is 4.84. The largest absolute Gasteiger partial charge is 0.309 e. The molecule has 0 spiro atoms. The van der Waals surface area contributed by atoms with Crippen molar-refractivity contribution in [3.63, 3.8) is 0 Å². The van der Waals surface area contributed by atoms with Crippen molar-refractivity contribution in [1.29, 1.82) is 0 Å². The highest BCUT2D eigenvalue weighted by Gasteiger charge is 2.18. The number of hydrogen-bond donors (Lipinski definition) is 0. The Balaban J connectivity index is 1.00. The fourth-order valence-electron chi connectivity index (χ4n) is 9.44. The summed E-state index contributed by atoms with van der Waals surface area (Å²) in [5.41, 5.74) is 16.8. The van der Waals surface area contributed by atoms with Crippen molar-refractivity contribution >= 4 is 54.4 Å². The number of benzene rings is 10. The number of fused-ring (bicyclic) bond motifs is 7. The highest BCUT2D eigenvalue weighted by Crippen LogP contribution is 2.40. The number of para-hydroxylation sites is 1. The van der Waals surface area contributed by atoms with Crippen molar-refractivity contribution in [3.8, 4) is 55.9 Å². The summed E-state index contributed by atoms with van der Waals surface area (Å²) in [7, 11) is 0. The van der Waals surface area contributed by atoms with Gasteiger partial charge in [-0.15, -0.1) is 0 Å². The predicted molar refractivity (Wildman–Crippen MR) is 254 cm³/mol. The van der Waals surface area contributed by atoms with Gasteiger partial charge in [-0.2, -0.15) is 0 Å². The monoisotopic (exact) mass is 762 g/mol. The molecule has 0 atom stereocenters. The van der Waals surface area contributed by atoms with Gasteiger partial charge in [-0.3, -0.25) is 0 Å². The molecular formula is C58H38N2. The molecule has 0 aliphatic heterocycles. The van der Waals surface area contributed by atoms with Gasteiger partial charge in [-0.05, 0) is 122 Å². The van der Waals surface area contributed by atoms with E-state index in [0.29, 0.717) is 0 Å². The van der Waals surface area contributed by atoms with Crippen LogP contribution in [0.1, 0.15) is 0 Å². The highest BCUT2D eigenvalue weighted by atomic mass is 15.0. The minimum absolute atomic E-state index is 1.15. The molecule has 60 heavy (non-hydrogen) atoms. The van der Waals surface area contributed by atoms with Gasteiger partial charge in [0.2, 0.25) is 0 Å². The van der Waals surface area contributed by atoms with Gasteiger partial charge in [-0.1, -0.05) is 164 Å². The summed E-state index contributed by atoms with van der Waals surface area (Å²) in [5, 5.41) is 7.49. The van der Waals surface area contributed by atoms with Crippen LogP contribution in [-0.4, -0.2) is 9.13 Å². The Morgan fingerprint density at radius 3 is 1.30 bits per heavy atom. The quantitative estimate of drug-likeness (QED) is 0.160. The van der Waals surface area contributed by atoms with E-state index >= 15 is 0 Å². The van der Waals surface area contributed by atoms with Gasteiger partial charge in [0.1, 0.15) is 0 Å². The van der Waals surface area contributed by atoms with E-state index < -0.39 is 0 Å². The van der Waals surface area contributed by atoms with Gasteiger partial charge in [0.05, 0.1) is 22.1 Å². The first-order chi connectivity index (χ1) is 29.7. The number of aromatic nitrogens is 2. The zero-order valence-corrected chi connectivity index (χ0v) is 32.8. The molecule has 12 rings (SSSR count). The van der Waals surface area contributed by atoms with E-state index in [9.17, 15) is 0 Å². The third-order valence-corrected chi connectivity index (χ3v) is 12.3. The Kier molecular flexibility index (Phi) is 7.89. The molecule has 280 valence electrons. The summed E-state index contributed by atoms with van der Waals surface area (Å²) in [6.45, 7) is 0. The van der Waals surface area contributed by atoms with Crippen molar-refractivity contribution in [3.05, 3.63) is 231 Å². The van der Waals surface area contributed by atoms with Crippen molar-refractivity contribution in [2.75, 3.05) is 0 Å². The summed E-state index contributed by atoms with van der Waals surface area (Å²) in [5.74, 6) is 0. The molecule has 0 aliphatic rings. The predicted octanol–water partition coefficient (Wildman–Crippen LogP) is 15.7. The second-order valence-corrected chi connectivity index (χ2v) is 15.7. The molecule has 0 unspecified atom stereocenters. The lowest BCUT2D eigenvalue weighted by Crippen LogP contribution is -1.94. The van der Waals surface area contributed by atoms with Gasteiger partial charge in [-0.25, -0.2) is 0 Å². The molecule has 0 bridgehead atoms. The summed E-state index contributed by atoms with van der Waals surface area (Å²) >= 11 is 0. The second-order valence-electron chi connectivity index (χ2n) is 15.7. The Bertz CT molecular complexity index is 3570. The van der Waals surface area contributed by atoms with Crippen LogP contribution in [0.4, 0.5) is 0 Å². The van der Waals surface area contributed by atoms with Crippen molar-refractivity contribution in [1.82, 2.24) is 9.13 Å². The molecule has 2 heteroatoms. The summed E-state index contributed by atoms with van der Waals surface area (Å²) in [6, 6.07) is 84.2. The molecule has 2 heterocycles. The fraction of sp³-hybridized carbons (Fsp3) is 0. The highest BCUT2D eigenvalue weighted by molar-refractivity contribution is 6.13. The average Bonchev–Trinajstić information content (AvgIpc) is 3.84. The van der Waals surface area contributed by atoms with Crippen LogP contribution in [0.2, 0.25) is 0 Å². The van der Waals surface area contributed by atoms with E-state index in [0.717, 1.165) is 11.4 Å². The zero-order chi connectivity index (χ0) is 39.6. The maximum atomic E-state index is 2.43. The maximum absolute atomic E-state index is 2.43. The number of nitrogens with zero attached hydrogens (tertiary/aromatic N) is 2. The lowest BCUT2D eigenvalue weighted by molar-refractivity contribution is 1.18. The third kappa shape index (κ3) is 5.57. The van der Waals surface area contributed by atoms with Crippen LogP contribution < -0.4 is 0 Å². The van der Waals surface area contributed by atoms with Crippen LogP contribution in [0.25, 0.3) is 110 Å². The Labute approximate surface area is 348 Å². The third-order valence-electron chi connectivity index (χ3n) is 12.3. The molecule has 0 saturated heterocycles. The minimum Gasteiger partial charge on any atom is -0.309 e. The van der Waals surface area contributed by atoms with Gasteiger partial charge in [0.25, 0.3) is 0 Å². The van der Waals surface area contributed by atoms with Gasteiger partial charge >= 0.3 is 0 Å². The zero-order valence-electron chi connectivity index (χ0n) is 32.8. The molecule has 0 fully saturated rings. The molecule has 0 saturated carbocycles. The average molecular weight is 763 g/mol. The normalized spacial score (nSPS) is 11.7. The molecule has 0 N–H and O–H groups in total. The van der Waals surface area contributed by atoms with Crippen molar-refractivity contribution < 1.29 is 0 Å². The van der Waals surface area contributed by atoms with E-state index in [2.05, 4.69) is 240 Å². The van der Waals surface area contributed by atoms with E-state index in [1.54, 1.807) is 0 Å². The molecule has 0 radical (unpaired) electrons. The Morgan fingerprint density at radius 2 is 0.650 bits per heavy atom. The Hall–Kier alpha value is -7.94. The Morgan fingerprint density at radius 1 is 0.217 bits per heavy atom. The lowest BCUT2D eigenvalue weighted by atomic mass is 9.98. The topological polar surface area (TPSA) is 9.86 Å². The molecule has 2 aromatic heterocycles. The first kappa shape index (κ1) is 34.1. The van der Waals surface area contributed by atoms with Gasteiger partial charge in [0.15, 0.2) is 0 Å². The van der Waals surface area contributed by atoms with Gasteiger partial charge < -0.3 is 9.13 Å². The number of rotatable bonds is 6. The SMILES string of the molecule is c1ccc(-c2cccc(-n3c4ccc(-c5ccccc5)cc4c4cc(-c5ccc6c(c5)c5ccccc5n6-c5ccc(-c6cccc7ccccc67)cc5)ccc43)c2)cc1. The van der Waals surface area contributed by atoms with E-state index in [-0.39, 0.29) is 0 Å². The second kappa shape index (κ2) is 13.9. The van der Waals surface area contributed by atoms with E-state index in [4.69, 9.17) is 0 Å². The molecular weight excluding hydrogens is 725 g/mol. The van der Waals surface area contributed by atoms with Crippen molar-refractivity contribution in [2.45, 2.75) is 0 Å². The lowest BCUT2D eigenvalue weighted by Gasteiger charge is -2.11. The first-order valence-corrected chi connectivity index (χ1v) is 20.7. The summed E-state index contributed by atoms with van der Waals surface area (Å²) in [4.78, 5) is 0. The standard InChI is InChI=1S/C58H38N2/c1-3-13-39(14-4-1)43-19-11-20-48(35-43)60-57-32-27-44(40-15-5-2-6-16-40)36-53(57)54-38-46(29-34-58(54)60)45-28-33-56-52(37-45)51-22-9-10-24-55(51)59(56)47-30-25-42(26-31-47)50-23-12-18-41-17-7-8-21-49(41)50/h1-38H.